The summed E-state index contributed by atoms with van der Waals surface area (Å²) in [5.41, 5.74) is 3.79. The van der Waals surface area contributed by atoms with E-state index in [1.54, 1.807) is 0 Å². The third kappa shape index (κ3) is 10.1. The number of morpholine rings is 1. The summed E-state index contributed by atoms with van der Waals surface area (Å²) in [6, 6.07) is 23.9. The number of carbonyl (C=O) groups is 2. The van der Waals surface area contributed by atoms with Gasteiger partial charge in [-0.2, -0.15) is 0 Å². The molecule has 0 spiro atoms. The average Bonchev–Trinajstić information content (AvgIpc) is 3.76. The molecule has 1 heterocycles. The Labute approximate surface area is 295 Å². The number of hydrogen-bond acceptors (Lipinski definition) is 8. The monoisotopic (exact) mass is 685 g/mol. The maximum atomic E-state index is 14.1. The van der Waals surface area contributed by atoms with Crippen LogP contribution in [0.5, 0.6) is 5.75 Å². The minimum absolute atomic E-state index is 0.0926. The number of hydrogen-bond donors (Lipinski definition) is 4. The topological polar surface area (TPSA) is 130 Å². The van der Waals surface area contributed by atoms with Gasteiger partial charge in [-0.05, 0) is 79.3 Å². The lowest BCUT2D eigenvalue weighted by atomic mass is 9.88. The molecule has 2 fully saturated rings. The molecule has 1 saturated heterocycles. The van der Waals surface area contributed by atoms with Crippen LogP contribution in [0.1, 0.15) is 60.4 Å². The third-order valence-corrected chi connectivity index (χ3v) is 10.2. The van der Waals surface area contributed by atoms with Gasteiger partial charge in [0.1, 0.15) is 18.5 Å². The fourth-order valence-corrected chi connectivity index (χ4v) is 7.38. The van der Waals surface area contributed by atoms with E-state index in [9.17, 15) is 19.8 Å². The van der Waals surface area contributed by atoms with Gasteiger partial charge in [-0.3, -0.25) is 9.69 Å². The normalized spacial score (nSPS) is 21.2. The van der Waals surface area contributed by atoms with Gasteiger partial charge in [0.2, 0.25) is 5.91 Å². The maximum Gasteiger partial charge on any atom is 0.407 e. The van der Waals surface area contributed by atoms with Crippen LogP contribution in [-0.4, -0.2) is 90.9 Å². The molecule has 10 heteroatoms. The predicted molar refractivity (Wildman–Crippen MR) is 190 cm³/mol. The molecule has 2 amide bonds. The van der Waals surface area contributed by atoms with Crippen LogP contribution in [0.15, 0.2) is 78.9 Å². The Morgan fingerprint density at radius 1 is 0.900 bits per heavy atom. The molecular weight excluding hydrogens is 634 g/mol. The molecule has 1 saturated carbocycles. The molecule has 10 nitrogen and oxygen atoms in total. The van der Waals surface area contributed by atoms with Crippen molar-refractivity contribution in [2.45, 2.75) is 81.8 Å². The Kier molecular flexibility index (Phi) is 12.8. The summed E-state index contributed by atoms with van der Waals surface area (Å²) < 4.78 is 17.1. The van der Waals surface area contributed by atoms with Gasteiger partial charge < -0.3 is 35.1 Å². The largest absolute Gasteiger partial charge is 0.492 e. The number of aliphatic hydroxyl groups is 2. The van der Waals surface area contributed by atoms with E-state index in [4.69, 9.17) is 14.2 Å². The molecule has 0 radical (unpaired) electrons. The smallest absolute Gasteiger partial charge is 0.407 e. The molecule has 3 aromatic rings. The Morgan fingerprint density at radius 2 is 1.60 bits per heavy atom. The summed E-state index contributed by atoms with van der Waals surface area (Å²) >= 11 is 0. The highest BCUT2D eigenvalue weighted by Gasteiger charge is 2.35. The SMILES string of the molecule is O=C(NC(Cc1ccccc1)C(O)CC(Cc1ccc(OCCN2CCOCC2)cc1)C(=O)N[C@H]1c2ccccc2C[C@@H]1O)OC1CCCC1. The second-order valence-electron chi connectivity index (χ2n) is 13.9. The van der Waals surface area contributed by atoms with Gasteiger partial charge in [0.05, 0.1) is 37.5 Å². The Bertz CT molecular complexity index is 1510. The number of alkyl carbamates (subject to hydrolysis) is 1. The number of rotatable bonds is 15. The summed E-state index contributed by atoms with van der Waals surface area (Å²) in [7, 11) is 0. The van der Waals surface area contributed by atoms with Crippen LogP contribution in [0.3, 0.4) is 0 Å². The summed E-state index contributed by atoms with van der Waals surface area (Å²) in [6.45, 7) is 4.71. The second kappa shape index (κ2) is 17.8. The van der Waals surface area contributed by atoms with Crippen molar-refractivity contribution in [1.29, 1.82) is 0 Å². The first-order valence-electron chi connectivity index (χ1n) is 18.2. The second-order valence-corrected chi connectivity index (χ2v) is 13.9. The van der Waals surface area contributed by atoms with Gasteiger partial charge in [-0.1, -0.05) is 66.7 Å². The number of nitrogens with one attached hydrogen (secondary N) is 2. The molecule has 268 valence electrons. The number of amides is 2. The van der Waals surface area contributed by atoms with Crippen LogP contribution >= 0.6 is 0 Å². The molecule has 0 aromatic heterocycles. The first kappa shape index (κ1) is 35.9. The molecule has 50 heavy (non-hydrogen) atoms. The lowest BCUT2D eigenvalue weighted by molar-refractivity contribution is -0.127. The molecule has 5 atom stereocenters. The van der Waals surface area contributed by atoms with Gasteiger partial charge in [0, 0.05) is 32.0 Å². The number of aliphatic hydroxyl groups excluding tert-OH is 2. The van der Waals surface area contributed by atoms with Crippen molar-refractivity contribution in [2.24, 2.45) is 5.92 Å². The van der Waals surface area contributed by atoms with Crippen LogP contribution < -0.4 is 15.4 Å². The lowest BCUT2D eigenvalue weighted by Gasteiger charge is -2.29. The number of ether oxygens (including phenoxy) is 3. The van der Waals surface area contributed by atoms with Crippen LogP contribution in [0, 0.1) is 5.92 Å². The molecule has 1 aliphatic heterocycles. The Morgan fingerprint density at radius 3 is 2.36 bits per heavy atom. The van der Waals surface area contributed by atoms with Gasteiger partial charge >= 0.3 is 6.09 Å². The van der Waals surface area contributed by atoms with Crippen molar-refractivity contribution in [3.63, 3.8) is 0 Å². The zero-order valence-corrected chi connectivity index (χ0v) is 28.8. The quantitative estimate of drug-likeness (QED) is 0.186. The summed E-state index contributed by atoms with van der Waals surface area (Å²) in [4.78, 5) is 29.4. The third-order valence-electron chi connectivity index (χ3n) is 10.2. The van der Waals surface area contributed by atoms with E-state index >= 15 is 0 Å². The highest BCUT2D eigenvalue weighted by atomic mass is 16.6. The fraction of sp³-hybridized carbons (Fsp3) is 0.500. The molecular formula is C40H51N3O7. The summed E-state index contributed by atoms with van der Waals surface area (Å²) in [5.74, 6) is -0.159. The van der Waals surface area contributed by atoms with E-state index in [-0.39, 0.29) is 18.4 Å². The van der Waals surface area contributed by atoms with E-state index in [2.05, 4.69) is 15.5 Å². The molecule has 2 aliphatic carbocycles. The van der Waals surface area contributed by atoms with Crippen LogP contribution in [0.2, 0.25) is 0 Å². The molecule has 3 unspecified atom stereocenters. The first-order chi connectivity index (χ1) is 24.4. The lowest BCUT2D eigenvalue weighted by Crippen LogP contribution is -2.48. The number of benzene rings is 3. The van der Waals surface area contributed by atoms with Gasteiger partial charge in [-0.25, -0.2) is 4.79 Å². The van der Waals surface area contributed by atoms with E-state index in [0.717, 1.165) is 86.5 Å². The van der Waals surface area contributed by atoms with E-state index in [1.807, 2.05) is 78.9 Å². The zero-order valence-electron chi connectivity index (χ0n) is 28.8. The highest BCUT2D eigenvalue weighted by molar-refractivity contribution is 5.80. The minimum atomic E-state index is -1.05. The fourth-order valence-electron chi connectivity index (χ4n) is 7.38. The minimum Gasteiger partial charge on any atom is -0.492 e. The van der Waals surface area contributed by atoms with Gasteiger partial charge in [0.15, 0.2) is 0 Å². The predicted octanol–water partition coefficient (Wildman–Crippen LogP) is 4.36. The molecule has 4 N–H and O–H groups in total. The highest BCUT2D eigenvalue weighted by Crippen LogP contribution is 2.32. The van der Waals surface area contributed by atoms with Crippen molar-refractivity contribution in [3.8, 4) is 5.75 Å². The number of nitrogens with zero attached hydrogens (tertiary/aromatic N) is 1. The summed E-state index contributed by atoms with van der Waals surface area (Å²) in [5, 5.41) is 28.7. The number of carbonyl (C=O) groups excluding carboxylic acids is 2. The molecule has 6 rings (SSSR count). The number of fused-ring (bicyclic) bond motifs is 1. The van der Waals surface area contributed by atoms with E-state index < -0.39 is 36.3 Å². The van der Waals surface area contributed by atoms with Crippen LogP contribution in [-0.2, 0) is 33.5 Å². The van der Waals surface area contributed by atoms with Crippen molar-refractivity contribution in [1.82, 2.24) is 15.5 Å². The van der Waals surface area contributed by atoms with Crippen LogP contribution in [0.25, 0.3) is 0 Å². The van der Waals surface area contributed by atoms with Gasteiger partial charge in [0.25, 0.3) is 0 Å². The molecule has 3 aliphatic rings. The standard InChI is InChI=1S/C40H51N3O7/c44-36(35(25-28-8-2-1-3-9-28)41-40(47)50-33-11-5-6-12-33)27-31(39(46)42-38-34-13-7-4-10-30(34)26-37(38)45)24-29-14-16-32(17-15-29)49-23-20-43-18-21-48-22-19-43/h1-4,7-10,13-17,31,33,35-38,44-45H,5-6,11-12,18-27H2,(H,41,47)(H,42,46)/t31?,35?,36?,37-,38-/m0/s1. The molecule has 3 aromatic carbocycles. The molecule has 0 bridgehead atoms. The van der Waals surface area contributed by atoms with Crippen molar-refractivity contribution in [2.75, 3.05) is 39.5 Å². The van der Waals surface area contributed by atoms with Crippen molar-refractivity contribution < 1.29 is 34.0 Å². The first-order valence-corrected chi connectivity index (χ1v) is 18.2. The van der Waals surface area contributed by atoms with Crippen molar-refractivity contribution in [3.05, 3.63) is 101 Å². The average molecular weight is 686 g/mol. The van der Waals surface area contributed by atoms with E-state index in [1.165, 1.54) is 0 Å². The van der Waals surface area contributed by atoms with Crippen molar-refractivity contribution >= 4 is 12.0 Å². The Hall–Kier alpha value is -3.96. The maximum absolute atomic E-state index is 14.1. The Balaban J connectivity index is 1.16. The van der Waals surface area contributed by atoms with Gasteiger partial charge in [-0.15, -0.1) is 0 Å². The zero-order chi connectivity index (χ0) is 34.7. The van der Waals surface area contributed by atoms with Crippen LogP contribution in [0.4, 0.5) is 4.79 Å². The van der Waals surface area contributed by atoms with E-state index in [0.29, 0.717) is 25.9 Å². The summed E-state index contributed by atoms with van der Waals surface area (Å²) in [6.07, 6.45) is 2.59.